The van der Waals surface area contributed by atoms with Crippen molar-refractivity contribution in [3.8, 4) is 0 Å². The molecule has 0 aromatic carbocycles. The molecule has 0 amide bonds. The van der Waals surface area contributed by atoms with Gasteiger partial charge in [-0.25, -0.2) is 0 Å². The molecule has 2 heterocycles. The fourth-order valence-corrected chi connectivity index (χ4v) is 2.05. The fourth-order valence-electron chi connectivity index (χ4n) is 2.05. The third-order valence-corrected chi connectivity index (χ3v) is 3.42. The van der Waals surface area contributed by atoms with Crippen molar-refractivity contribution >= 4 is 0 Å². The van der Waals surface area contributed by atoms with E-state index in [4.69, 9.17) is 4.74 Å². The number of aromatic nitrogens is 2. The highest BCUT2D eigenvalue weighted by molar-refractivity contribution is 4.98. The van der Waals surface area contributed by atoms with E-state index in [9.17, 15) is 0 Å². The highest BCUT2D eigenvalue weighted by Gasteiger charge is 2.13. The van der Waals surface area contributed by atoms with E-state index < -0.39 is 0 Å². The van der Waals surface area contributed by atoms with Gasteiger partial charge < -0.3 is 10.1 Å². The van der Waals surface area contributed by atoms with Crippen LogP contribution in [0.5, 0.6) is 0 Å². The largest absolute Gasteiger partial charge is 0.371 e. The lowest BCUT2D eigenvalue weighted by molar-refractivity contribution is 0.0233. The molecular weight excluding hydrogens is 214 g/mol. The van der Waals surface area contributed by atoms with Crippen molar-refractivity contribution in [2.45, 2.75) is 51.9 Å². The number of piperidine rings is 1. The lowest BCUT2D eigenvalue weighted by Gasteiger charge is -2.22. The van der Waals surface area contributed by atoms with Crippen LogP contribution in [0, 0.1) is 0 Å². The summed E-state index contributed by atoms with van der Waals surface area (Å²) in [6.07, 6.45) is 5.89. The van der Waals surface area contributed by atoms with Gasteiger partial charge in [0, 0.05) is 18.8 Å². The molecule has 1 aliphatic rings. The van der Waals surface area contributed by atoms with Crippen LogP contribution in [0.15, 0.2) is 12.3 Å². The van der Waals surface area contributed by atoms with Crippen LogP contribution in [0.2, 0.25) is 0 Å². The van der Waals surface area contributed by atoms with E-state index in [2.05, 4.69) is 30.3 Å². The van der Waals surface area contributed by atoms with E-state index in [0.717, 1.165) is 25.2 Å². The number of ether oxygens (including phenoxy) is 1. The van der Waals surface area contributed by atoms with Gasteiger partial charge in [-0.3, -0.25) is 4.68 Å². The Balaban J connectivity index is 1.80. The first-order valence-corrected chi connectivity index (χ1v) is 6.66. The molecule has 2 rings (SSSR count). The average molecular weight is 237 g/mol. The zero-order valence-corrected chi connectivity index (χ0v) is 10.9. The molecule has 1 fully saturated rings. The van der Waals surface area contributed by atoms with Crippen LogP contribution in [0.25, 0.3) is 0 Å². The Morgan fingerprint density at radius 3 is 3.24 bits per heavy atom. The smallest absolute Gasteiger partial charge is 0.0910 e. The molecule has 1 N–H and O–H groups in total. The standard InChI is InChI=1S/C13H23N3O/c1-3-11(2)16-8-6-12(15-16)10-17-13-5-4-7-14-9-13/h6,8,11,13-14H,3-5,7,9-10H2,1-2H3. The minimum atomic E-state index is 0.359. The number of rotatable bonds is 5. The van der Waals surface area contributed by atoms with Gasteiger partial charge in [-0.2, -0.15) is 5.10 Å². The summed E-state index contributed by atoms with van der Waals surface area (Å²) in [5.41, 5.74) is 1.04. The minimum absolute atomic E-state index is 0.359. The first-order chi connectivity index (χ1) is 8.29. The van der Waals surface area contributed by atoms with Gasteiger partial charge in [-0.15, -0.1) is 0 Å². The lowest BCUT2D eigenvalue weighted by Crippen LogP contribution is -2.35. The molecule has 1 aliphatic heterocycles. The van der Waals surface area contributed by atoms with E-state index in [1.54, 1.807) is 0 Å². The van der Waals surface area contributed by atoms with Gasteiger partial charge in [-0.1, -0.05) is 6.92 Å². The van der Waals surface area contributed by atoms with Gasteiger partial charge in [-0.05, 0) is 38.8 Å². The second-order valence-electron chi connectivity index (χ2n) is 4.82. The Hall–Kier alpha value is -0.870. The summed E-state index contributed by atoms with van der Waals surface area (Å²) in [7, 11) is 0. The topological polar surface area (TPSA) is 39.1 Å². The third-order valence-electron chi connectivity index (χ3n) is 3.42. The number of hydrogen-bond donors (Lipinski definition) is 1. The monoisotopic (exact) mass is 237 g/mol. The van der Waals surface area contributed by atoms with E-state index in [-0.39, 0.29) is 0 Å². The Labute approximate surface area is 103 Å². The van der Waals surface area contributed by atoms with Crippen LogP contribution in [0.1, 0.15) is 44.8 Å². The molecule has 96 valence electrons. The number of nitrogens with one attached hydrogen (secondary N) is 1. The highest BCUT2D eigenvalue weighted by atomic mass is 16.5. The number of nitrogens with zero attached hydrogens (tertiary/aromatic N) is 2. The van der Waals surface area contributed by atoms with E-state index in [1.807, 2.05) is 10.9 Å². The summed E-state index contributed by atoms with van der Waals surface area (Å²) >= 11 is 0. The zero-order chi connectivity index (χ0) is 12.1. The van der Waals surface area contributed by atoms with Crippen LogP contribution < -0.4 is 5.32 Å². The minimum Gasteiger partial charge on any atom is -0.371 e. The molecule has 1 aromatic rings. The van der Waals surface area contributed by atoms with Crippen molar-refractivity contribution in [3.63, 3.8) is 0 Å². The maximum Gasteiger partial charge on any atom is 0.0910 e. The molecule has 2 unspecified atom stereocenters. The van der Waals surface area contributed by atoms with Crippen LogP contribution in [-0.4, -0.2) is 29.0 Å². The molecule has 1 aromatic heterocycles. The summed E-state index contributed by atoms with van der Waals surface area (Å²) in [5, 5.41) is 7.89. The molecule has 17 heavy (non-hydrogen) atoms. The van der Waals surface area contributed by atoms with E-state index >= 15 is 0 Å². The second kappa shape index (κ2) is 6.17. The number of hydrogen-bond acceptors (Lipinski definition) is 3. The van der Waals surface area contributed by atoms with Crippen molar-refractivity contribution in [1.29, 1.82) is 0 Å². The van der Waals surface area contributed by atoms with Gasteiger partial charge >= 0.3 is 0 Å². The molecule has 0 aliphatic carbocycles. The van der Waals surface area contributed by atoms with Crippen LogP contribution >= 0.6 is 0 Å². The Bertz CT molecular complexity index is 331. The van der Waals surface area contributed by atoms with Gasteiger partial charge in [0.15, 0.2) is 0 Å². The van der Waals surface area contributed by atoms with Crippen molar-refractivity contribution in [1.82, 2.24) is 15.1 Å². The Morgan fingerprint density at radius 2 is 2.53 bits per heavy atom. The molecule has 2 atom stereocenters. The molecule has 4 heteroatoms. The molecular formula is C13H23N3O. The van der Waals surface area contributed by atoms with E-state index in [1.165, 1.54) is 12.8 Å². The molecule has 0 radical (unpaired) electrons. The molecule has 4 nitrogen and oxygen atoms in total. The summed E-state index contributed by atoms with van der Waals surface area (Å²) in [5.74, 6) is 0. The average Bonchev–Trinajstić information content (AvgIpc) is 2.85. The molecule has 1 saturated heterocycles. The highest BCUT2D eigenvalue weighted by Crippen LogP contribution is 2.12. The summed E-state index contributed by atoms with van der Waals surface area (Å²) in [4.78, 5) is 0. The summed E-state index contributed by atoms with van der Waals surface area (Å²) in [6, 6.07) is 2.53. The SMILES string of the molecule is CCC(C)n1ccc(COC2CCCNC2)n1. The summed E-state index contributed by atoms with van der Waals surface area (Å²) in [6.45, 7) is 7.10. The van der Waals surface area contributed by atoms with Gasteiger partial charge in [0.05, 0.1) is 18.4 Å². The van der Waals surface area contributed by atoms with Gasteiger partial charge in [0.2, 0.25) is 0 Å². The molecule has 0 bridgehead atoms. The predicted octanol–water partition coefficient (Wildman–Crippen LogP) is 2.12. The van der Waals surface area contributed by atoms with Gasteiger partial charge in [0.25, 0.3) is 0 Å². The Morgan fingerprint density at radius 1 is 1.65 bits per heavy atom. The zero-order valence-electron chi connectivity index (χ0n) is 10.9. The van der Waals surface area contributed by atoms with Crippen LogP contribution in [-0.2, 0) is 11.3 Å². The van der Waals surface area contributed by atoms with Gasteiger partial charge in [0.1, 0.15) is 0 Å². The van der Waals surface area contributed by atoms with Crippen molar-refractivity contribution in [3.05, 3.63) is 18.0 Å². The van der Waals surface area contributed by atoms with Crippen molar-refractivity contribution in [2.75, 3.05) is 13.1 Å². The first kappa shape index (κ1) is 12.6. The maximum absolute atomic E-state index is 5.86. The maximum atomic E-state index is 5.86. The van der Waals surface area contributed by atoms with Crippen molar-refractivity contribution in [2.24, 2.45) is 0 Å². The summed E-state index contributed by atoms with van der Waals surface area (Å²) < 4.78 is 7.88. The van der Waals surface area contributed by atoms with Crippen LogP contribution in [0.4, 0.5) is 0 Å². The first-order valence-electron chi connectivity index (χ1n) is 6.66. The predicted molar refractivity (Wildman–Crippen MR) is 67.9 cm³/mol. The fraction of sp³-hybridized carbons (Fsp3) is 0.769. The second-order valence-corrected chi connectivity index (χ2v) is 4.82. The molecule has 0 spiro atoms. The van der Waals surface area contributed by atoms with Crippen molar-refractivity contribution < 1.29 is 4.74 Å². The van der Waals surface area contributed by atoms with E-state index in [0.29, 0.717) is 18.8 Å². The third kappa shape index (κ3) is 3.54. The Kier molecular flexibility index (Phi) is 4.57. The molecule has 0 saturated carbocycles. The lowest BCUT2D eigenvalue weighted by atomic mass is 10.1. The quantitative estimate of drug-likeness (QED) is 0.852. The van der Waals surface area contributed by atoms with Crippen LogP contribution in [0.3, 0.4) is 0 Å². The normalized spacial score (nSPS) is 22.6.